The van der Waals surface area contributed by atoms with E-state index in [4.69, 9.17) is 5.11 Å². The first kappa shape index (κ1) is 12.5. The highest BCUT2D eigenvalue weighted by atomic mass is 16.3. The molecule has 1 saturated heterocycles. The summed E-state index contributed by atoms with van der Waals surface area (Å²) in [6, 6.07) is -0.418. The Balaban J connectivity index is 2.77. The molecule has 1 unspecified atom stereocenters. The van der Waals surface area contributed by atoms with Crippen molar-refractivity contribution in [2.75, 3.05) is 26.2 Å². The number of carbonyl (C=O) groups excluding carboxylic acids is 1. The lowest BCUT2D eigenvalue weighted by atomic mass is 9.93. The van der Waals surface area contributed by atoms with Crippen molar-refractivity contribution < 1.29 is 9.90 Å². The van der Waals surface area contributed by atoms with Gasteiger partial charge in [-0.05, 0) is 11.8 Å². The number of rotatable bonds is 3. The van der Waals surface area contributed by atoms with E-state index in [9.17, 15) is 4.79 Å². The Bertz CT molecular complexity index is 229. The van der Waals surface area contributed by atoms with Crippen molar-refractivity contribution in [1.82, 2.24) is 10.2 Å². The van der Waals surface area contributed by atoms with Crippen LogP contribution >= 0.6 is 0 Å². The summed E-state index contributed by atoms with van der Waals surface area (Å²) in [6.07, 6.45) is 0.958. The van der Waals surface area contributed by atoms with Gasteiger partial charge in [0.15, 0.2) is 0 Å². The molecule has 4 nitrogen and oxygen atoms in total. The lowest BCUT2D eigenvalue weighted by molar-refractivity contribution is -0.134. The molecule has 0 bridgehead atoms. The largest absolute Gasteiger partial charge is 0.394 e. The first-order valence-electron chi connectivity index (χ1n) is 5.63. The number of aliphatic hydroxyl groups is 1. The molecule has 1 fully saturated rings. The van der Waals surface area contributed by atoms with Crippen LogP contribution in [0.1, 0.15) is 27.2 Å². The van der Waals surface area contributed by atoms with Crippen molar-refractivity contribution in [3.05, 3.63) is 0 Å². The summed E-state index contributed by atoms with van der Waals surface area (Å²) in [5, 5.41) is 12.3. The van der Waals surface area contributed by atoms with Crippen LogP contribution in [0.25, 0.3) is 0 Å². The minimum atomic E-state index is -0.418. The highest BCUT2D eigenvalue weighted by Crippen LogP contribution is 2.19. The van der Waals surface area contributed by atoms with Gasteiger partial charge in [0.05, 0.1) is 6.61 Å². The quantitative estimate of drug-likeness (QED) is 0.706. The van der Waals surface area contributed by atoms with Gasteiger partial charge < -0.3 is 15.3 Å². The molecule has 1 rings (SSSR count). The molecule has 1 amide bonds. The highest BCUT2D eigenvalue weighted by Gasteiger charge is 2.33. The van der Waals surface area contributed by atoms with Crippen LogP contribution in [0.2, 0.25) is 0 Å². The molecule has 88 valence electrons. The van der Waals surface area contributed by atoms with Crippen LogP contribution in [0.5, 0.6) is 0 Å². The fraction of sp³-hybridized carbons (Fsp3) is 0.909. The third-order valence-corrected chi connectivity index (χ3v) is 2.73. The predicted molar refractivity (Wildman–Crippen MR) is 59.5 cm³/mol. The Morgan fingerprint density at radius 2 is 2.27 bits per heavy atom. The molecule has 0 aliphatic carbocycles. The molecule has 0 spiro atoms. The lowest BCUT2D eigenvalue weighted by Crippen LogP contribution is -2.45. The summed E-state index contributed by atoms with van der Waals surface area (Å²) in [7, 11) is 0. The lowest BCUT2D eigenvalue weighted by Gasteiger charge is -2.29. The van der Waals surface area contributed by atoms with Crippen molar-refractivity contribution >= 4 is 5.91 Å². The van der Waals surface area contributed by atoms with Crippen LogP contribution in [0.4, 0.5) is 0 Å². The van der Waals surface area contributed by atoms with Gasteiger partial charge in [-0.25, -0.2) is 0 Å². The van der Waals surface area contributed by atoms with E-state index >= 15 is 0 Å². The van der Waals surface area contributed by atoms with E-state index in [1.165, 1.54) is 0 Å². The third-order valence-electron chi connectivity index (χ3n) is 2.73. The molecule has 0 aromatic heterocycles. The molecule has 0 saturated carbocycles. The van der Waals surface area contributed by atoms with Gasteiger partial charge in [-0.3, -0.25) is 4.79 Å². The maximum absolute atomic E-state index is 12.0. The number of nitrogens with one attached hydrogen (secondary N) is 1. The summed E-state index contributed by atoms with van der Waals surface area (Å²) in [6.45, 7) is 8.53. The first-order valence-corrected chi connectivity index (χ1v) is 5.63. The SMILES string of the molecule is CCCN1CC(C)(C)CNC(CO)C1=O. The number of hydrogen-bond donors (Lipinski definition) is 2. The minimum absolute atomic E-state index is 0.0323. The molecule has 2 N–H and O–H groups in total. The summed E-state index contributed by atoms with van der Waals surface area (Å²) in [5.74, 6) is 0.0323. The summed E-state index contributed by atoms with van der Waals surface area (Å²) in [4.78, 5) is 13.8. The Kier molecular flexibility index (Phi) is 4.11. The average Bonchev–Trinajstić information content (AvgIpc) is 2.26. The van der Waals surface area contributed by atoms with Crippen LogP contribution in [-0.2, 0) is 4.79 Å². The fourth-order valence-corrected chi connectivity index (χ4v) is 1.96. The molecule has 1 heterocycles. The smallest absolute Gasteiger partial charge is 0.242 e. The minimum Gasteiger partial charge on any atom is -0.394 e. The van der Waals surface area contributed by atoms with E-state index in [2.05, 4.69) is 26.1 Å². The van der Waals surface area contributed by atoms with Crippen molar-refractivity contribution in [2.45, 2.75) is 33.2 Å². The van der Waals surface area contributed by atoms with E-state index in [0.717, 1.165) is 26.1 Å². The molecule has 0 radical (unpaired) electrons. The summed E-state index contributed by atoms with van der Waals surface area (Å²) < 4.78 is 0. The van der Waals surface area contributed by atoms with Crippen LogP contribution < -0.4 is 5.32 Å². The van der Waals surface area contributed by atoms with Gasteiger partial charge in [-0.1, -0.05) is 20.8 Å². The fourth-order valence-electron chi connectivity index (χ4n) is 1.96. The van der Waals surface area contributed by atoms with Crippen molar-refractivity contribution in [1.29, 1.82) is 0 Å². The molecular formula is C11H22N2O2. The summed E-state index contributed by atoms with van der Waals surface area (Å²) >= 11 is 0. The molecule has 4 heteroatoms. The monoisotopic (exact) mass is 214 g/mol. The molecule has 1 aliphatic rings. The maximum Gasteiger partial charge on any atom is 0.242 e. The van der Waals surface area contributed by atoms with Gasteiger partial charge >= 0.3 is 0 Å². The Morgan fingerprint density at radius 3 is 2.80 bits per heavy atom. The zero-order valence-electron chi connectivity index (χ0n) is 9.92. The van der Waals surface area contributed by atoms with Gasteiger partial charge in [-0.2, -0.15) is 0 Å². The third kappa shape index (κ3) is 3.18. The predicted octanol–water partition coefficient (Wildman–Crippen LogP) is 0.215. The van der Waals surface area contributed by atoms with E-state index < -0.39 is 6.04 Å². The highest BCUT2D eigenvalue weighted by molar-refractivity contribution is 5.82. The normalized spacial score (nSPS) is 26.5. The average molecular weight is 214 g/mol. The number of hydrogen-bond acceptors (Lipinski definition) is 3. The van der Waals surface area contributed by atoms with Crippen LogP contribution in [-0.4, -0.2) is 48.2 Å². The second kappa shape index (κ2) is 4.94. The molecule has 0 aromatic rings. The van der Waals surface area contributed by atoms with E-state index in [1.54, 1.807) is 0 Å². The van der Waals surface area contributed by atoms with E-state index in [1.807, 2.05) is 4.90 Å². The molecule has 15 heavy (non-hydrogen) atoms. The standard InChI is InChI=1S/C11H22N2O2/c1-4-5-13-8-11(2,3)7-12-9(6-14)10(13)15/h9,12,14H,4-8H2,1-3H3. The summed E-state index contributed by atoms with van der Waals surface area (Å²) in [5.41, 5.74) is 0.0781. The van der Waals surface area contributed by atoms with Crippen LogP contribution in [0.3, 0.4) is 0 Å². The van der Waals surface area contributed by atoms with Gasteiger partial charge in [0.25, 0.3) is 0 Å². The van der Waals surface area contributed by atoms with Crippen molar-refractivity contribution in [3.8, 4) is 0 Å². The van der Waals surface area contributed by atoms with Crippen molar-refractivity contribution in [2.24, 2.45) is 5.41 Å². The zero-order chi connectivity index (χ0) is 11.5. The Hall–Kier alpha value is -0.610. The number of aliphatic hydroxyl groups excluding tert-OH is 1. The molecule has 1 atom stereocenters. The molecule has 1 aliphatic heterocycles. The zero-order valence-corrected chi connectivity index (χ0v) is 9.92. The second-order valence-corrected chi connectivity index (χ2v) is 5.04. The number of amides is 1. The number of carbonyl (C=O) groups is 1. The van der Waals surface area contributed by atoms with E-state index in [-0.39, 0.29) is 17.9 Å². The van der Waals surface area contributed by atoms with Gasteiger partial charge in [0.1, 0.15) is 6.04 Å². The molecular weight excluding hydrogens is 192 g/mol. The topological polar surface area (TPSA) is 52.6 Å². The number of nitrogens with zero attached hydrogens (tertiary/aromatic N) is 1. The van der Waals surface area contributed by atoms with Crippen LogP contribution in [0.15, 0.2) is 0 Å². The Morgan fingerprint density at radius 1 is 1.60 bits per heavy atom. The van der Waals surface area contributed by atoms with Gasteiger partial charge in [0, 0.05) is 19.6 Å². The van der Waals surface area contributed by atoms with Crippen molar-refractivity contribution in [3.63, 3.8) is 0 Å². The first-order chi connectivity index (χ1) is 7.00. The van der Waals surface area contributed by atoms with E-state index in [0.29, 0.717) is 0 Å². The molecule has 0 aromatic carbocycles. The van der Waals surface area contributed by atoms with Gasteiger partial charge in [-0.15, -0.1) is 0 Å². The second-order valence-electron chi connectivity index (χ2n) is 5.04. The van der Waals surface area contributed by atoms with Crippen LogP contribution in [0, 0.1) is 5.41 Å². The maximum atomic E-state index is 12.0. The Labute approximate surface area is 91.6 Å². The van der Waals surface area contributed by atoms with Gasteiger partial charge in [0.2, 0.25) is 5.91 Å².